The number of halogens is 1. The SMILES string of the molecule is Nc1cccc(F)c1CN1C(=O)CSc2cc(C(=O)NCc3ccco3)ccc21. The first-order valence-corrected chi connectivity index (χ1v) is 9.92. The summed E-state index contributed by atoms with van der Waals surface area (Å²) in [6.07, 6.45) is 1.55. The van der Waals surface area contributed by atoms with Crippen LogP contribution in [0, 0.1) is 5.82 Å². The minimum absolute atomic E-state index is 0.0366. The highest BCUT2D eigenvalue weighted by Gasteiger charge is 2.27. The lowest BCUT2D eigenvalue weighted by atomic mass is 10.1. The number of nitrogens with one attached hydrogen (secondary N) is 1. The summed E-state index contributed by atoms with van der Waals surface area (Å²) in [4.78, 5) is 27.2. The van der Waals surface area contributed by atoms with Crippen molar-refractivity contribution in [3.63, 3.8) is 0 Å². The maximum Gasteiger partial charge on any atom is 0.251 e. The largest absolute Gasteiger partial charge is 0.467 e. The monoisotopic (exact) mass is 411 g/mol. The van der Waals surface area contributed by atoms with Crippen LogP contribution in [0.25, 0.3) is 0 Å². The molecule has 0 aliphatic carbocycles. The van der Waals surface area contributed by atoms with Gasteiger partial charge in [0.2, 0.25) is 5.91 Å². The third-order valence-corrected chi connectivity index (χ3v) is 5.67. The Morgan fingerprint density at radius 3 is 2.86 bits per heavy atom. The van der Waals surface area contributed by atoms with Gasteiger partial charge in [0.25, 0.3) is 5.91 Å². The van der Waals surface area contributed by atoms with Crippen LogP contribution < -0.4 is 16.0 Å². The topological polar surface area (TPSA) is 88.6 Å². The number of amides is 2. The van der Waals surface area contributed by atoms with Crippen LogP contribution >= 0.6 is 11.8 Å². The molecular formula is C21H18FN3O3S. The van der Waals surface area contributed by atoms with Gasteiger partial charge in [-0.15, -0.1) is 11.8 Å². The Bertz CT molecular complexity index is 1050. The average Bonchev–Trinajstić information content (AvgIpc) is 3.24. The molecular weight excluding hydrogens is 393 g/mol. The van der Waals surface area contributed by atoms with Crippen molar-refractivity contribution in [1.82, 2.24) is 5.32 Å². The van der Waals surface area contributed by atoms with Crippen LogP contribution in [0.2, 0.25) is 0 Å². The molecule has 1 aromatic heterocycles. The maximum absolute atomic E-state index is 14.2. The van der Waals surface area contributed by atoms with Crippen LogP contribution in [0.1, 0.15) is 21.7 Å². The normalized spacial score (nSPS) is 13.3. The van der Waals surface area contributed by atoms with E-state index in [1.54, 1.807) is 42.7 Å². The molecule has 148 valence electrons. The molecule has 8 heteroatoms. The number of rotatable bonds is 5. The molecule has 29 heavy (non-hydrogen) atoms. The average molecular weight is 411 g/mol. The summed E-state index contributed by atoms with van der Waals surface area (Å²) in [5.74, 6) is 0.0296. The first-order valence-electron chi connectivity index (χ1n) is 8.93. The highest BCUT2D eigenvalue weighted by molar-refractivity contribution is 8.00. The van der Waals surface area contributed by atoms with Gasteiger partial charge in [-0.3, -0.25) is 9.59 Å². The number of hydrogen-bond donors (Lipinski definition) is 2. The van der Waals surface area contributed by atoms with Gasteiger partial charge in [-0.2, -0.15) is 0 Å². The first-order chi connectivity index (χ1) is 14.0. The third kappa shape index (κ3) is 3.97. The predicted octanol–water partition coefficient (Wildman–Crippen LogP) is 3.57. The van der Waals surface area contributed by atoms with Gasteiger partial charge in [0.15, 0.2) is 0 Å². The summed E-state index contributed by atoms with van der Waals surface area (Å²) >= 11 is 1.35. The smallest absolute Gasteiger partial charge is 0.251 e. The summed E-state index contributed by atoms with van der Waals surface area (Å²) in [6, 6.07) is 13.1. The summed E-state index contributed by atoms with van der Waals surface area (Å²) in [5.41, 5.74) is 7.58. The summed E-state index contributed by atoms with van der Waals surface area (Å²) < 4.78 is 19.4. The Labute approximate surface area is 170 Å². The van der Waals surface area contributed by atoms with Gasteiger partial charge < -0.3 is 20.4 Å². The third-order valence-electron chi connectivity index (χ3n) is 4.64. The number of thioether (sulfide) groups is 1. The van der Waals surface area contributed by atoms with Crippen LogP contribution in [0.4, 0.5) is 15.8 Å². The van der Waals surface area contributed by atoms with Crippen molar-refractivity contribution < 1.29 is 18.4 Å². The number of carbonyl (C=O) groups is 2. The lowest BCUT2D eigenvalue weighted by Gasteiger charge is -2.29. The van der Waals surface area contributed by atoms with Crippen LogP contribution in [0.5, 0.6) is 0 Å². The Morgan fingerprint density at radius 2 is 2.10 bits per heavy atom. The number of nitrogen functional groups attached to an aromatic ring is 1. The fraction of sp³-hybridized carbons (Fsp3) is 0.143. The fourth-order valence-corrected chi connectivity index (χ4v) is 4.07. The number of benzene rings is 2. The molecule has 0 bridgehead atoms. The lowest BCUT2D eigenvalue weighted by molar-refractivity contribution is -0.116. The number of furan rings is 1. The molecule has 2 heterocycles. The van der Waals surface area contributed by atoms with Gasteiger partial charge >= 0.3 is 0 Å². The van der Waals surface area contributed by atoms with Gasteiger partial charge in [-0.1, -0.05) is 6.07 Å². The quantitative estimate of drug-likeness (QED) is 0.627. The van der Waals surface area contributed by atoms with Crippen LogP contribution in [0.15, 0.2) is 64.1 Å². The summed E-state index contributed by atoms with van der Waals surface area (Å²) in [6.45, 7) is 0.322. The van der Waals surface area contributed by atoms with Crippen molar-refractivity contribution in [2.45, 2.75) is 18.0 Å². The zero-order chi connectivity index (χ0) is 20.4. The summed E-state index contributed by atoms with van der Waals surface area (Å²) in [7, 11) is 0. The molecule has 0 saturated heterocycles. The van der Waals surface area contributed by atoms with Crippen LogP contribution in [0.3, 0.4) is 0 Å². The molecule has 3 aromatic rings. The molecule has 0 saturated carbocycles. The van der Waals surface area contributed by atoms with Gasteiger partial charge in [0, 0.05) is 21.7 Å². The number of nitrogens with two attached hydrogens (primary N) is 1. The number of nitrogens with zero attached hydrogens (tertiary/aromatic N) is 1. The van der Waals surface area contributed by atoms with E-state index in [4.69, 9.17) is 10.2 Å². The van der Waals surface area contributed by atoms with Gasteiger partial charge in [-0.25, -0.2) is 4.39 Å². The zero-order valence-electron chi connectivity index (χ0n) is 15.4. The first kappa shape index (κ1) is 19.1. The second-order valence-corrected chi connectivity index (χ2v) is 7.54. The molecule has 0 spiro atoms. The second-order valence-electron chi connectivity index (χ2n) is 6.52. The Balaban J connectivity index is 1.56. The second kappa shape index (κ2) is 8.00. The molecule has 2 amide bonds. The van der Waals surface area contributed by atoms with E-state index < -0.39 is 5.82 Å². The molecule has 6 nitrogen and oxygen atoms in total. The van der Waals surface area contributed by atoms with E-state index in [-0.39, 0.29) is 36.2 Å². The standard InChI is InChI=1S/C21H18FN3O3S/c22-16-4-1-5-17(23)15(16)11-25-18-7-6-13(9-19(18)29-12-20(25)26)21(27)24-10-14-3-2-8-28-14/h1-9H,10-12,23H2,(H,24,27). The lowest BCUT2D eigenvalue weighted by Crippen LogP contribution is -2.35. The Morgan fingerprint density at radius 1 is 1.24 bits per heavy atom. The van der Waals surface area contributed by atoms with Gasteiger partial charge in [0.05, 0.1) is 30.8 Å². The minimum Gasteiger partial charge on any atom is -0.467 e. The molecule has 0 radical (unpaired) electrons. The molecule has 0 unspecified atom stereocenters. The van der Waals surface area contributed by atoms with E-state index in [0.29, 0.717) is 22.7 Å². The van der Waals surface area contributed by atoms with Crippen LogP contribution in [-0.4, -0.2) is 17.6 Å². The maximum atomic E-state index is 14.2. The van der Waals surface area contributed by atoms with E-state index in [0.717, 1.165) is 4.90 Å². The van der Waals surface area contributed by atoms with Crippen molar-refractivity contribution in [3.8, 4) is 0 Å². The van der Waals surface area contributed by atoms with Crippen LogP contribution in [-0.2, 0) is 17.9 Å². The van der Waals surface area contributed by atoms with Crippen molar-refractivity contribution >= 4 is 35.0 Å². The summed E-state index contributed by atoms with van der Waals surface area (Å²) in [5, 5.41) is 2.79. The highest BCUT2D eigenvalue weighted by Crippen LogP contribution is 2.37. The number of anilines is 2. The molecule has 2 aromatic carbocycles. The van der Waals surface area contributed by atoms with Gasteiger partial charge in [0.1, 0.15) is 11.6 Å². The Hall–Kier alpha value is -3.26. The number of fused-ring (bicyclic) bond motifs is 1. The molecule has 1 aliphatic heterocycles. The van der Waals surface area contributed by atoms with Crippen molar-refractivity contribution in [2.75, 3.05) is 16.4 Å². The number of hydrogen-bond acceptors (Lipinski definition) is 5. The predicted molar refractivity (Wildman–Crippen MR) is 109 cm³/mol. The van der Waals surface area contributed by atoms with E-state index in [2.05, 4.69) is 5.32 Å². The fourth-order valence-electron chi connectivity index (χ4n) is 3.10. The Kier molecular flexibility index (Phi) is 5.26. The molecule has 4 rings (SSSR count). The molecule has 0 atom stereocenters. The van der Waals surface area contributed by atoms with E-state index >= 15 is 0 Å². The number of carbonyl (C=O) groups excluding carboxylic acids is 2. The van der Waals surface area contributed by atoms with E-state index in [1.165, 1.54) is 28.8 Å². The van der Waals surface area contributed by atoms with Crippen molar-refractivity contribution in [3.05, 3.63) is 77.5 Å². The molecule has 0 fully saturated rings. The minimum atomic E-state index is -0.452. The van der Waals surface area contributed by atoms with Gasteiger partial charge in [-0.05, 0) is 42.5 Å². The zero-order valence-corrected chi connectivity index (χ0v) is 16.2. The van der Waals surface area contributed by atoms with Crippen molar-refractivity contribution in [1.29, 1.82) is 0 Å². The highest BCUT2D eigenvalue weighted by atomic mass is 32.2. The molecule has 3 N–H and O–H groups in total. The molecule has 1 aliphatic rings. The van der Waals surface area contributed by atoms with E-state index in [1.807, 2.05) is 0 Å². The van der Waals surface area contributed by atoms with E-state index in [9.17, 15) is 14.0 Å². The van der Waals surface area contributed by atoms with Crippen molar-refractivity contribution in [2.24, 2.45) is 0 Å².